The number of thioether (sulfide) groups is 1. The number of alkyl halides is 3. The predicted molar refractivity (Wildman–Crippen MR) is 126 cm³/mol. The Balaban J connectivity index is 0.00000420. The lowest BCUT2D eigenvalue weighted by molar-refractivity contribution is -0.137. The quantitative estimate of drug-likeness (QED) is 0.216. The number of halogens is 4. The molecule has 2 rings (SSSR count). The monoisotopic (exact) mass is 545 g/mol. The van der Waals surface area contributed by atoms with Crippen LogP contribution in [0, 0.1) is 0 Å². The molecule has 0 aromatic heterocycles. The summed E-state index contributed by atoms with van der Waals surface area (Å²) in [5.74, 6) is 1.81. The third-order valence-electron chi connectivity index (χ3n) is 5.14. The lowest BCUT2D eigenvalue weighted by Gasteiger charge is -2.38. The lowest BCUT2D eigenvalue weighted by atomic mass is 9.73. The zero-order valence-electron chi connectivity index (χ0n) is 17.0. The Kier molecular flexibility index (Phi) is 11.7. The zero-order chi connectivity index (χ0) is 20.5. The van der Waals surface area contributed by atoms with Crippen LogP contribution in [0.1, 0.15) is 36.8 Å². The Morgan fingerprint density at radius 3 is 2.55 bits per heavy atom. The number of nitrogens with zero attached hydrogens (tertiary/aromatic N) is 1. The first kappa shape index (κ1) is 26.4. The average molecular weight is 545 g/mol. The lowest BCUT2D eigenvalue weighted by Crippen LogP contribution is -2.48. The molecule has 0 amide bonds. The fourth-order valence-corrected chi connectivity index (χ4v) is 3.90. The molecule has 29 heavy (non-hydrogen) atoms. The maximum Gasteiger partial charge on any atom is 0.416 e. The largest absolute Gasteiger partial charge is 0.416 e. The first-order chi connectivity index (χ1) is 13.4. The number of hydrogen-bond acceptors (Lipinski definition) is 3. The zero-order valence-corrected chi connectivity index (χ0v) is 20.1. The second-order valence-electron chi connectivity index (χ2n) is 7.02. The van der Waals surface area contributed by atoms with Gasteiger partial charge in [0.25, 0.3) is 0 Å². The van der Waals surface area contributed by atoms with Crippen molar-refractivity contribution in [3.05, 3.63) is 35.4 Å². The molecule has 1 saturated heterocycles. The Hall–Kier alpha value is -0.680. The number of rotatable bonds is 8. The van der Waals surface area contributed by atoms with E-state index in [4.69, 9.17) is 4.74 Å². The molecule has 0 aliphatic carbocycles. The summed E-state index contributed by atoms with van der Waals surface area (Å²) in [7, 11) is 1.71. The molecule has 0 unspecified atom stereocenters. The molecule has 166 valence electrons. The van der Waals surface area contributed by atoms with Gasteiger partial charge in [0.1, 0.15) is 0 Å². The summed E-state index contributed by atoms with van der Waals surface area (Å²) >= 11 is 1.83. The van der Waals surface area contributed by atoms with E-state index in [0.717, 1.165) is 31.2 Å². The SMILES string of the molecule is CN=C(NCCCCSC)NCC1(c2cccc(C(F)(F)F)c2)CCOCC1.I. The van der Waals surface area contributed by atoms with Crippen molar-refractivity contribution in [2.45, 2.75) is 37.3 Å². The van der Waals surface area contributed by atoms with Gasteiger partial charge >= 0.3 is 6.18 Å². The van der Waals surface area contributed by atoms with E-state index in [9.17, 15) is 13.2 Å². The van der Waals surface area contributed by atoms with Crippen molar-refractivity contribution in [1.82, 2.24) is 10.6 Å². The van der Waals surface area contributed by atoms with E-state index in [1.165, 1.54) is 12.1 Å². The van der Waals surface area contributed by atoms with Gasteiger partial charge in [-0.25, -0.2) is 0 Å². The first-order valence-electron chi connectivity index (χ1n) is 9.60. The van der Waals surface area contributed by atoms with Crippen LogP contribution in [0.3, 0.4) is 0 Å². The molecule has 1 heterocycles. The van der Waals surface area contributed by atoms with Gasteiger partial charge in [0, 0.05) is 38.8 Å². The molecule has 0 atom stereocenters. The first-order valence-corrected chi connectivity index (χ1v) is 11.0. The van der Waals surface area contributed by atoms with Gasteiger partial charge in [-0.05, 0) is 49.3 Å². The van der Waals surface area contributed by atoms with E-state index in [1.54, 1.807) is 13.1 Å². The summed E-state index contributed by atoms with van der Waals surface area (Å²) in [6, 6.07) is 5.69. The minimum Gasteiger partial charge on any atom is -0.381 e. The van der Waals surface area contributed by atoms with E-state index in [1.807, 2.05) is 11.8 Å². The standard InChI is InChI=1S/C20H30F3N3OS.HI/c1-24-18(25-10-3-4-13-28-2)26-15-19(8-11-27-12-9-19)16-6-5-7-17(14-16)20(21,22)23;/h5-7,14H,3-4,8-13,15H2,1-2H3,(H2,24,25,26);1H. The molecule has 1 aliphatic heterocycles. The van der Waals surface area contributed by atoms with Crippen molar-refractivity contribution < 1.29 is 17.9 Å². The van der Waals surface area contributed by atoms with Gasteiger partial charge in [0.2, 0.25) is 0 Å². The van der Waals surface area contributed by atoms with E-state index < -0.39 is 17.2 Å². The van der Waals surface area contributed by atoms with Gasteiger partial charge < -0.3 is 15.4 Å². The minimum atomic E-state index is -4.34. The Labute approximate surface area is 192 Å². The van der Waals surface area contributed by atoms with Crippen LogP contribution in [0.15, 0.2) is 29.3 Å². The predicted octanol–water partition coefficient (Wildman–Crippen LogP) is 4.68. The Bertz CT molecular complexity index is 638. The molecule has 1 fully saturated rings. The van der Waals surface area contributed by atoms with Crippen LogP contribution in [0.4, 0.5) is 13.2 Å². The van der Waals surface area contributed by atoms with E-state index in [0.29, 0.717) is 44.1 Å². The van der Waals surface area contributed by atoms with Gasteiger partial charge in [0.15, 0.2) is 5.96 Å². The van der Waals surface area contributed by atoms with Crippen LogP contribution in [0.25, 0.3) is 0 Å². The number of benzene rings is 1. The van der Waals surface area contributed by atoms with Gasteiger partial charge in [-0.3, -0.25) is 4.99 Å². The maximum absolute atomic E-state index is 13.2. The van der Waals surface area contributed by atoms with E-state index >= 15 is 0 Å². The highest BCUT2D eigenvalue weighted by Crippen LogP contribution is 2.37. The number of aliphatic imine (C=N–C) groups is 1. The fraction of sp³-hybridized carbons (Fsp3) is 0.650. The van der Waals surface area contributed by atoms with E-state index in [2.05, 4.69) is 21.9 Å². The van der Waals surface area contributed by atoms with Crippen LogP contribution in [-0.2, 0) is 16.3 Å². The molecule has 0 radical (unpaired) electrons. The summed E-state index contributed by atoms with van der Waals surface area (Å²) in [6.45, 7) is 2.42. The van der Waals surface area contributed by atoms with Gasteiger partial charge in [0.05, 0.1) is 5.56 Å². The molecule has 1 aromatic carbocycles. The number of ether oxygens (including phenoxy) is 1. The summed E-state index contributed by atoms with van der Waals surface area (Å²) in [5, 5.41) is 6.62. The number of hydrogen-bond donors (Lipinski definition) is 2. The molecular formula is C20H31F3IN3OS. The molecule has 0 spiro atoms. The Morgan fingerprint density at radius 1 is 1.21 bits per heavy atom. The fourth-order valence-electron chi connectivity index (χ4n) is 3.41. The highest BCUT2D eigenvalue weighted by atomic mass is 127. The molecule has 1 aliphatic rings. The van der Waals surface area contributed by atoms with Crippen molar-refractivity contribution >= 4 is 41.7 Å². The van der Waals surface area contributed by atoms with Crippen molar-refractivity contribution in [3.63, 3.8) is 0 Å². The maximum atomic E-state index is 13.2. The number of unbranched alkanes of at least 4 members (excludes halogenated alkanes) is 1. The smallest absolute Gasteiger partial charge is 0.381 e. The van der Waals surface area contributed by atoms with Crippen molar-refractivity contribution in [1.29, 1.82) is 0 Å². The molecule has 2 N–H and O–H groups in total. The van der Waals surface area contributed by atoms with Gasteiger partial charge in [-0.2, -0.15) is 24.9 Å². The van der Waals surface area contributed by atoms with Crippen molar-refractivity contribution in [2.75, 3.05) is 45.4 Å². The second kappa shape index (κ2) is 12.9. The van der Waals surface area contributed by atoms with Crippen LogP contribution in [0.2, 0.25) is 0 Å². The highest BCUT2D eigenvalue weighted by Gasteiger charge is 2.37. The molecular weight excluding hydrogens is 514 g/mol. The number of guanidine groups is 1. The highest BCUT2D eigenvalue weighted by molar-refractivity contribution is 14.0. The van der Waals surface area contributed by atoms with Crippen molar-refractivity contribution in [3.8, 4) is 0 Å². The molecule has 9 heteroatoms. The van der Waals surface area contributed by atoms with Crippen molar-refractivity contribution in [2.24, 2.45) is 4.99 Å². The third-order valence-corrected chi connectivity index (χ3v) is 5.83. The van der Waals surface area contributed by atoms with Crippen LogP contribution < -0.4 is 10.6 Å². The summed E-state index contributed by atoms with van der Waals surface area (Å²) in [4.78, 5) is 4.25. The van der Waals surface area contributed by atoms with Crippen LogP contribution >= 0.6 is 35.7 Å². The number of nitrogens with one attached hydrogen (secondary N) is 2. The molecule has 4 nitrogen and oxygen atoms in total. The Morgan fingerprint density at radius 2 is 1.93 bits per heavy atom. The summed E-state index contributed by atoms with van der Waals surface area (Å²) < 4.78 is 45.0. The average Bonchev–Trinajstić information content (AvgIpc) is 2.70. The van der Waals surface area contributed by atoms with Crippen LogP contribution in [-0.4, -0.2) is 51.3 Å². The normalized spacial score (nSPS) is 16.8. The van der Waals surface area contributed by atoms with Gasteiger partial charge in [-0.15, -0.1) is 24.0 Å². The molecule has 1 aromatic rings. The second-order valence-corrected chi connectivity index (χ2v) is 8.01. The minimum absolute atomic E-state index is 0. The topological polar surface area (TPSA) is 45.7 Å². The molecule has 0 saturated carbocycles. The summed E-state index contributed by atoms with van der Waals surface area (Å²) in [5.41, 5.74) is -0.309. The van der Waals surface area contributed by atoms with Gasteiger partial charge in [-0.1, -0.05) is 18.2 Å². The van der Waals surface area contributed by atoms with E-state index in [-0.39, 0.29) is 24.0 Å². The molecule has 0 bridgehead atoms. The summed E-state index contributed by atoms with van der Waals surface area (Å²) in [6.07, 6.45) is 1.28. The third kappa shape index (κ3) is 8.16. The van der Waals surface area contributed by atoms with Crippen LogP contribution in [0.5, 0.6) is 0 Å².